The summed E-state index contributed by atoms with van der Waals surface area (Å²) in [6.45, 7) is 1.26. The van der Waals surface area contributed by atoms with Crippen molar-refractivity contribution in [3.05, 3.63) is 48.4 Å². The lowest BCUT2D eigenvalue weighted by molar-refractivity contribution is 0.0586. The Morgan fingerprint density at radius 3 is 2.59 bits per heavy atom. The Morgan fingerprint density at radius 1 is 1.04 bits per heavy atom. The van der Waals surface area contributed by atoms with E-state index in [9.17, 15) is 4.79 Å². The Bertz CT molecular complexity index is 957. The minimum absolute atomic E-state index is 0.00436. The highest BCUT2D eigenvalue weighted by atomic mass is 16.5. The maximum atomic E-state index is 12.8. The number of aromatic nitrogens is 4. The van der Waals surface area contributed by atoms with Gasteiger partial charge in [-0.3, -0.25) is 14.8 Å². The number of hydrogen-bond donors (Lipinski definition) is 0. The summed E-state index contributed by atoms with van der Waals surface area (Å²) in [6.07, 6.45) is 6.36. The summed E-state index contributed by atoms with van der Waals surface area (Å²) in [5.41, 5.74) is 2.13. The molecule has 0 unspecified atom stereocenters. The third kappa shape index (κ3) is 3.79. The lowest BCUT2D eigenvalue weighted by atomic mass is 10.1. The van der Waals surface area contributed by atoms with Crippen molar-refractivity contribution in [3.63, 3.8) is 0 Å². The predicted molar refractivity (Wildman–Crippen MR) is 97.7 cm³/mol. The van der Waals surface area contributed by atoms with E-state index in [0.717, 1.165) is 23.9 Å². The van der Waals surface area contributed by atoms with Crippen LogP contribution < -0.4 is 9.47 Å². The molecule has 1 aliphatic heterocycles. The molecule has 3 aromatic rings. The third-order valence-electron chi connectivity index (χ3n) is 4.52. The van der Waals surface area contributed by atoms with Gasteiger partial charge in [0.15, 0.2) is 0 Å². The number of ether oxygens (including phenoxy) is 2. The molecule has 1 amide bonds. The topological polar surface area (TPSA) is 90.3 Å². The SMILES string of the molecule is COc1nccc(OC2CCN(C(=O)c3ccc4nccnc4c3)CC2)n1. The molecule has 8 heteroatoms. The second-order valence-corrected chi connectivity index (χ2v) is 6.25. The number of carbonyl (C=O) groups is 1. The summed E-state index contributed by atoms with van der Waals surface area (Å²) in [7, 11) is 1.52. The largest absolute Gasteiger partial charge is 0.474 e. The van der Waals surface area contributed by atoms with Crippen LogP contribution in [0.3, 0.4) is 0 Å². The lowest BCUT2D eigenvalue weighted by Crippen LogP contribution is -2.41. The predicted octanol–water partition coefficient (Wildman–Crippen LogP) is 2.11. The van der Waals surface area contributed by atoms with Crippen LogP contribution >= 0.6 is 0 Å². The van der Waals surface area contributed by atoms with Crippen molar-refractivity contribution < 1.29 is 14.3 Å². The average molecular weight is 365 g/mol. The molecule has 4 rings (SSSR count). The van der Waals surface area contributed by atoms with E-state index in [1.54, 1.807) is 36.8 Å². The molecule has 1 aromatic carbocycles. The van der Waals surface area contributed by atoms with E-state index in [1.165, 1.54) is 7.11 Å². The zero-order valence-electron chi connectivity index (χ0n) is 14.9. The number of likely N-dealkylation sites (tertiary alicyclic amines) is 1. The summed E-state index contributed by atoms with van der Waals surface area (Å²) in [5, 5.41) is 0. The van der Waals surface area contributed by atoms with Gasteiger partial charge in [-0.25, -0.2) is 4.98 Å². The zero-order valence-corrected chi connectivity index (χ0v) is 14.9. The third-order valence-corrected chi connectivity index (χ3v) is 4.52. The van der Waals surface area contributed by atoms with Gasteiger partial charge in [0.25, 0.3) is 5.91 Å². The molecule has 0 atom stereocenters. The first-order chi connectivity index (χ1) is 13.2. The second-order valence-electron chi connectivity index (χ2n) is 6.25. The van der Waals surface area contributed by atoms with E-state index < -0.39 is 0 Å². The molecule has 27 heavy (non-hydrogen) atoms. The molecule has 1 aliphatic rings. The van der Waals surface area contributed by atoms with Gasteiger partial charge in [-0.2, -0.15) is 4.98 Å². The molecule has 3 heterocycles. The van der Waals surface area contributed by atoms with Crippen molar-refractivity contribution in [3.8, 4) is 11.9 Å². The Kier molecular flexibility index (Phi) is 4.78. The fraction of sp³-hybridized carbons (Fsp3) is 0.316. The zero-order chi connectivity index (χ0) is 18.6. The molecule has 0 spiro atoms. The minimum Gasteiger partial charge on any atom is -0.474 e. The quantitative estimate of drug-likeness (QED) is 0.699. The van der Waals surface area contributed by atoms with Crippen molar-refractivity contribution in [2.24, 2.45) is 0 Å². The van der Waals surface area contributed by atoms with E-state index in [-0.39, 0.29) is 18.0 Å². The van der Waals surface area contributed by atoms with Gasteiger partial charge in [0, 0.05) is 56.2 Å². The van der Waals surface area contributed by atoms with Crippen LogP contribution in [-0.2, 0) is 0 Å². The normalized spacial score (nSPS) is 14.9. The molecule has 0 radical (unpaired) electrons. The fourth-order valence-electron chi connectivity index (χ4n) is 3.12. The molecule has 138 valence electrons. The molecule has 0 N–H and O–H groups in total. The van der Waals surface area contributed by atoms with Crippen molar-refractivity contribution in [2.45, 2.75) is 18.9 Å². The smallest absolute Gasteiger partial charge is 0.319 e. The van der Waals surface area contributed by atoms with Gasteiger partial charge in [0.2, 0.25) is 5.88 Å². The monoisotopic (exact) mass is 365 g/mol. The van der Waals surface area contributed by atoms with Crippen molar-refractivity contribution in [1.82, 2.24) is 24.8 Å². The number of carbonyl (C=O) groups excluding carboxylic acids is 1. The molecule has 0 saturated carbocycles. The van der Waals surface area contributed by atoms with Gasteiger partial charge in [-0.05, 0) is 18.2 Å². The molecule has 0 aliphatic carbocycles. The van der Waals surface area contributed by atoms with Crippen LogP contribution in [0.25, 0.3) is 11.0 Å². The number of hydrogen-bond acceptors (Lipinski definition) is 7. The van der Waals surface area contributed by atoms with E-state index >= 15 is 0 Å². The maximum absolute atomic E-state index is 12.8. The van der Waals surface area contributed by atoms with Crippen LogP contribution in [0.4, 0.5) is 0 Å². The highest BCUT2D eigenvalue weighted by Gasteiger charge is 2.25. The molecular weight excluding hydrogens is 346 g/mol. The van der Waals surface area contributed by atoms with E-state index in [0.29, 0.717) is 24.5 Å². The van der Waals surface area contributed by atoms with Crippen LogP contribution in [0.2, 0.25) is 0 Å². The number of amides is 1. The van der Waals surface area contributed by atoms with E-state index in [2.05, 4.69) is 19.9 Å². The summed E-state index contributed by atoms with van der Waals surface area (Å²) >= 11 is 0. The standard InChI is InChI=1S/C19H19N5O3/c1-26-19-22-7-4-17(23-19)27-14-5-10-24(11-6-14)18(25)13-2-3-15-16(12-13)21-9-8-20-15/h2-4,7-9,12,14H,5-6,10-11H2,1H3. The number of nitrogens with zero attached hydrogens (tertiary/aromatic N) is 5. The van der Waals surface area contributed by atoms with Crippen LogP contribution in [0.5, 0.6) is 11.9 Å². The summed E-state index contributed by atoms with van der Waals surface area (Å²) < 4.78 is 10.9. The van der Waals surface area contributed by atoms with Gasteiger partial charge < -0.3 is 14.4 Å². The van der Waals surface area contributed by atoms with Gasteiger partial charge in [0.05, 0.1) is 18.1 Å². The van der Waals surface area contributed by atoms with Crippen molar-refractivity contribution >= 4 is 16.9 Å². The van der Waals surface area contributed by atoms with Crippen LogP contribution in [0.1, 0.15) is 23.2 Å². The number of piperidine rings is 1. The van der Waals surface area contributed by atoms with Crippen molar-refractivity contribution in [2.75, 3.05) is 20.2 Å². The fourth-order valence-corrected chi connectivity index (χ4v) is 3.12. The van der Waals surface area contributed by atoms with Gasteiger partial charge in [0.1, 0.15) is 6.10 Å². The molecular formula is C19H19N5O3. The van der Waals surface area contributed by atoms with E-state index in [1.807, 2.05) is 11.0 Å². The summed E-state index contributed by atoms with van der Waals surface area (Å²) in [5.74, 6) is 0.490. The molecule has 2 aromatic heterocycles. The Balaban J connectivity index is 1.38. The van der Waals surface area contributed by atoms with Gasteiger partial charge >= 0.3 is 6.01 Å². The number of rotatable bonds is 4. The first-order valence-electron chi connectivity index (χ1n) is 8.76. The van der Waals surface area contributed by atoms with Crippen LogP contribution in [-0.4, -0.2) is 57.0 Å². The highest BCUT2D eigenvalue weighted by molar-refractivity contribution is 5.97. The van der Waals surface area contributed by atoms with Gasteiger partial charge in [-0.15, -0.1) is 0 Å². The Hall–Kier alpha value is -3.29. The van der Waals surface area contributed by atoms with Crippen LogP contribution in [0.15, 0.2) is 42.9 Å². The van der Waals surface area contributed by atoms with Crippen molar-refractivity contribution in [1.29, 1.82) is 0 Å². The first kappa shape index (κ1) is 17.1. The molecule has 1 fully saturated rings. The molecule has 8 nitrogen and oxygen atoms in total. The van der Waals surface area contributed by atoms with Gasteiger partial charge in [-0.1, -0.05) is 0 Å². The summed E-state index contributed by atoms with van der Waals surface area (Å²) in [6, 6.07) is 7.40. The average Bonchev–Trinajstić information content (AvgIpc) is 2.73. The number of methoxy groups -OCH3 is 1. The Morgan fingerprint density at radius 2 is 1.81 bits per heavy atom. The highest BCUT2D eigenvalue weighted by Crippen LogP contribution is 2.20. The van der Waals surface area contributed by atoms with Crippen LogP contribution in [0, 0.1) is 0 Å². The number of fused-ring (bicyclic) bond motifs is 1. The second kappa shape index (κ2) is 7.53. The molecule has 1 saturated heterocycles. The van der Waals surface area contributed by atoms with E-state index in [4.69, 9.17) is 9.47 Å². The minimum atomic E-state index is 0.00436. The lowest BCUT2D eigenvalue weighted by Gasteiger charge is -2.32. The number of benzene rings is 1. The summed E-state index contributed by atoms with van der Waals surface area (Å²) in [4.78, 5) is 31.3. The Labute approximate surface area is 156 Å². The first-order valence-corrected chi connectivity index (χ1v) is 8.76. The maximum Gasteiger partial charge on any atom is 0.319 e. The molecule has 0 bridgehead atoms.